The van der Waals surface area contributed by atoms with Gasteiger partial charge in [-0.25, -0.2) is 8.42 Å². The highest BCUT2D eigenvalue weighted by atomic mass is 32.2. The standard InChI is InChI=1S/C10H19NO3S/c1-14-10(4-2-5-10)8-11-9-3-6-15(12,13)7-9/h9,11H,2-8H2,1H3. The minimum Gasteiger partial charge on any atom is -0.377 e. The predicted molar refractivity (Wildman–Crippen MR) is 58.7 cm³/mol. The van der Waals surface area contributed by atoms with Crippen LogP contribution in [0.1, 0.15) is 25.7 Å². The number of sulfone groups is 1. The Hall–Kier alpha value is -0.130. The molecule has 1 saturated carbocycles. The van der Waals surface area contributed by atoms with Crippen molar-refractivity contribution in [3.63, 3.8) is 0 Å². The van der Waals surface area contributed by atoms with E-state index in [0.29, 0.717) is 11.5 Å². The fraction of sp³-hybridized carbons (Fsp3) is 1.00. The van der Waals surface area contributed by atoms with E-state index in [4.69, 9.17) is 4.74 Å². The molecule has 1 saturated heterocycles. The number of nitrogens with one attached hydrogen (secondary N) is 1. The van der Waals surface area contributed by atoms with E-state index in [0.717, 1.165) is 25.8 Å². The van der Waals surface area contributed by atoms with E-state index in [9.17, 15) is 8.42 Å². The van der Waals surface area contributed by atoms with Crippen molar-refractivity contribution >= 4 is 9.84 Å². The molecule has 0 aromatic carbocycles. The van der Waals surface area contributed by atoms with Gasteiger partial charge in [-0.15, -0.1) is 0 Å². The third-order valence-corrected chi connectivity index (χ3v) is 5.41. The Morgan fingerprint density at radius 2 is 2.20 bits per heavy atom. The monoisotopic (exact) mass is 233 g/mol. The van der Waals surface area contributed by atoms with Crippen LogP contribution < -0.4 is 5.32 Å². The van der Waals surface area contributed by atoms with Crippen LogP contribution >= 0.6 is 0 Å². The lowest BCUT2D eigenvalue weighted by molar-refractivity contribution is -0.0704. The highest BCUT2D eigenvalue weighted by Crippen LogP contribution is 2.34. The van der Waals surface area contributed by atoms with Crippen LogP contribution in [-0.4, -0.2) is 45.2 Å². The summed E-state index contributed by atoms with van der Waals surface area (Å²) < 4.78 is 28.0. The lowest BCUT2D eigenvalue weighted by Crippen LogP contribution is -2.50. The van der Waals surface area contributed by atoms with E-state index < -0.39 is 9.84 Å². The van der Waals surface area contributed by atoms with Crippen molar-refractivity contribution in [1.82, 2.24) is 5.32 Å². The minimum absolute atomic E-state index is 0.00759. The molecule has 0 bridgehead atoms. The van der Waals surface area contributed by atoms with Gasteiger partial charge in [0.05, 0.1) is 17.1 Å². The zero-order chi connectivity index (χ0) is 10.9. The van der Waals surface area contributed by atoms with Crippen molar-refractivity contribution < 1.29 is 13.2 Å². The average molecular weight is 233 g/mol. The number of ether oxygens (including phenoxy) is 1. The van der Waals surface area contributed by atoms with Gasteiger partial charge in [-0.3, -0.25) is 0 Å². The van der Waals surface area contributed by atoms with Gasteiger partial charge in [0.2, 0.25) is 0 Å². The molecule has 2 aliphatic rings. The minimum atomic E-state index is -2.76. The van der Waals surface area contributed by atoms with Crippen molar-refractivity contribution in [1.29, 1.82) is 0 Å². The molecule has 0 amide bonds. The second-order valence-corrected chi connectivity index (χ2v) is 6.95. The van der Waals surface area contributed by atoms with Gasteiger partial charge in [0.1, 0.15) is 0 Å². The lowest BCUT2D eigenvalue weighted by Gasteiger charge is -2.41. The summed E-state index contributed by atoms with van der Waals surface area (Å²) in [6, 6.07) is 0.141. The molecule has 2 fully saturated rings. The van der Waals surface area contributed by atoms with Crippen LogP contribution in [0.3, 0.4) is 0 Å². The Bertz CT molecular complexity index is 316. The Labute approximate surface area is 91.3 Å². The highest BCUT2D eigenvalue weighted by Gasteiger charge is 2.38. The number of hydrogen-bond donors (Lipinski definition) is 1. The quantitative estimate of drug-likeness (QED) is 0.760. The van der Waals surface area contributed by atoms with Gasteiger partial charge in [0.15, 0.2) is 9.84 Å². The second kappa shape index (κ2) is 4.03. The van der Waals surface area contributed by atoms with Crippen molar-refractivity contribution in [2.45, 2.75) is 37.3 Å². The molecular formula is C10H19NO3S. The molecule has 0 aromatic rings. The van der Waals surface area contributed by atoms with Crippen molar-refractivity contribution in [3.05, 3.63) is 0 Å². The summed E-state index contributed by atoms with van der Waals surface area (Å²) in [6.07, 6.45) is 4.16. The maximum absolute atomic E-state index is 11.2. The van der Waals surface area contributed by atoms with Gasteiger partial charge in [-0.2, -0.15) is 0 Å². The van der Waals surface area contributed by atoms with Gasteiger partial charge >= 0.3 is 0 Å². The maximum Gasteiger partial charge on any atom is 0.151 e. The largest absolute Gasteiger partial charge is 0.377 e. The second-order valence-electron chi connectivity index (χ2n) is 4.72. The Morgan fingerprint density at radius 1 is 1.47 bits per heavy atom. The molecule has 1 heterocycles. The van der Waals surface area contributed by atoms with E-state index in [1.54, 1.807) is 7.11 Å². The summed E-state index contributed by atoms with van der Waals surface area (Å²) in [4.78, 5) is 0. The summed E-state index contributed by atoms with van der Waals surface area (Å²) in [5.41, 5.74) is -0.00759. The molecule has 88 valence electrons. The van der Waals surface area contributed by atoms with Crippen molar-refractivity contribution in [2.24, 2.45) is 0 Å². The van der Waals surface area contributed by atoms with Gasteiger partial charge < -0.3 is 10.1 Å². The molecule has 5 heteroatoms. The summed E-state index contributed by atoms with van der Waals surface area (Å²) >= 11 is 0. The molecule has 15 heavy (non-hydrogen) atoms. The van der Waals surface area contributed by atoms with Gasteiger partial charge in [0, 0.05) is 19.7 Å². The molecule has 4 nitrogen and oxygen atoms in total. The summed E-state index contributed by atoms with van der Waals surface area (Å²) in [6.45, 7) is 0.795. The molecule has 2 rings (SSSR count). The summed E-state index contributed by atoms with van der Waals surface area (Å²) in [7, 11) is -1.02. The van der Waals surface area contributed by atoms with Crippen LogP contribution in [0.15, 0.2) is 0 Å². The molecule has 1 aliphatic carbocycles. The molecule has 0 spiro atoms. The van der Waals surface area contributed by atoms with Crippen LogP contribution in [-0.2, 0) is 14.6 Å². The van der Waals surface area contributed by atoms with Gasteiger partial charge in [0.25, 0.3) is 0 Å². The molecule has 1 atom stereocenters. The fourth-order valence-electron chi connectivity index (χ4n) is 2.31. The van der Waals surface area contributed by atoms with Crippen LogP contribution in [0.4, 0.5) is 0 Å². The van der Waals surface area contributed by atoms with Crippen LogP contribution in [0.5, 0.6) is 0 Å². The highest BCUT2D eigenvalue weighted by molar-refractivity contribution is 7.91. The normalized spacial score (nSPS) is 32.5. The van der Waals surface area contributed by atoms with E-state index in [1.807, 2.05) is 0 Å². The number of methoxy groups -OCH3 is 1. The van der Waals surface area contributed by atoms with Crippen molar-refractivity contribution in [3.8, 4) is 0 Å². The first-order valence-corrected chi connectivity index (χ1v) is 7.36. The first kappa shape index (κ1) is 11.4. The smallest absolute Gasteiger partial charge is 0.151 e. The van der Waals surface area contributed by atoms with Crippen LogP contribution in [0, 0.1) is 0 Å². The topological polar surface area (TPSA) is 55.4 Å². The van der Waals surface area contributed by atoms with E-state index in [-0.39, 0.29) is 11.6 Å². The van der Waals surface area contributed by atoms with Gasteiger partial charge in [-0.05, 0) is 25.7 Å². The first-order valence-electron chi connectivity index (χ1n) is 5.54. The summed E-state index contributed by atoms with van der Waals surface area (Å²) in [5, 5.41) is 3.33. The zero-order valence-electron chi connectivity index (χ0n) is 9.16. The van der Waals surface area contributed by atoms with Crippen LogP contribution in [0.2, 0.25) is 0 Å². The Morgan fingerprint density at radius 3 is 2.60 bits per heavy atom. The average Bonchev–Trinajstić information content (AvgIpc) is 2.45. The first-order chi connectivity index (χ1) is 7.05. The fourth-order valence-corrected chi connectivity index (χ4v) is 4.02. The lowest BCUT2D eigenvalue weighted by atomic mass is 9.80. The van der Waals surface area contributed by atoms with Gasteiger partial charge in [-0.1, -0.05) is 0 Å². The molecule has 1 unspecified atom stereocenters. The molecule has 0 radical (unpaired) electrons. The molecule has 1 aliphatic heterocycles. The number of hydrogen-bond acceptors (Lipinski definition) is 4. The van der Waals surface area contributed by atoms with E-state index in [2.05, 4.69) is 5.32 Å². The predicted octanol–water partition coefficient (Wildman–Crippen LogP) is 0.332. The maximum atomic E-state index is 11.2. The molecule has 1 N–H and O–H groups in total. The van der Waals surface area contributed by atoms with E-state index >= 15 is 0 Å². The van der Waals surface area contributed by atoms with Crippen molar-refractivity contribution in [2.75, 3.05) is 25.2 Å². The molecule has 0 aromatic heterocycles. The molecular weight excluding hydrogens is 214 g/mol. The van der Waals surface area contributed by atoms with E-state index in [1.165, 1.54) is 6.42 Å². The third kappa shape index (κ3) is 2.52. The third-order valence-electron chi connectivity index (χ3n) is 3.64. The van der Waals surface area contributed by atoms with Crippen LogP contribution in [0.25, 0.3) is 0 Å². The Balaban J connectivity index is 1.79. The SMILES string of the molecule is COC1(CNC2CCS(=O)(=O)C2)CCC1. The Kier molecular flexibility index (Phi) is 3.05. The zero-order valence-corrected chi connectivity index (χ0v) is 9.98. The number of rotatable bonds is 4. The summed E-state index contributed by atoms with van der Waals surface area (Å²) in [5.74, 6) is 0.636.